The van der Waals surface area contributed by atoms with Gasteiger partial charge in [0.15, 0.2) is 0 Å². The predicted octanol–water partition coefficient (Wildman–Crippen LogP) is 1.14. The Balaban J connectivity index is 1.42. The van der Waals surface area contributed by atoms with Gasteiger partial charge in [-0.05, 0) is 45.8 Å². The number of aromatic nitrogens is 1. The predicted molar refractivity (Wildman–Crippen MR) is 84.3 cm³/mol. The Kier molecular flexibility index (Phi) is 4.87. The lowest BCUT2D eigenvalue weighted by Gasteiger charge is -2.31. The third-order valence-electron chi connectivity index (χ3n) is 4.42. The first-order chi connectivity index (χ1) is 10.2. The van der Waals surface area contributed by atoms with Crippen molar-refractivity contribution in [1.29, 1.82) is 0 Å². The SMILES string of the molecule is Cc1nc(CN2CCC(C(=O)NC3CCNC3)CC2)cs1. The molecule has 1 aromatic rings. The van der Waals surface area contributed by atoms with Crippen molar-refractivity contribution >= 4 is 17.2 Å². The van der Waals surface area contributed by atoms with Crippen LogP contribution in [0.1, 0.15) is 30.0 Å². The fourth-order valence-electron chi connectivity index (χ4n) is 3.16. The maximum absolute atomic E-state index is 12.3. The topological polar surface area (TPSA) is 57.3 Å². The highest BCUT2D eigenvalue weighted by Crippen LogP contribution is 2.20. The van der Waals surface area contributed by atoms with Crippen molar-refractivity contribution in [3.63, 3.8) is 0 Å². The maximum Gasteiger partial charge on any atom is 0.223 e. The first kappa shape index (κ1) is 14.9. The number of aryl methyl sites for hydroxylation is 1. The van der Waals surface area contributed by atoms with Gasteiger partial charge in [-0.25, -0.2) is 4.98 Å². The summed E-state index contributed by atoms with van der Waals surface area (Å²) >= 11 is 1.71. The number of likely N-dealkylation sites (tertiary alicyclic amines) is 1. The van der Waals surface area contributed by atoms with Crippen LogP contribution in [0.4, 0.5) is 0 Å². The molecule has 1 amide bonds. The van der Waals surface area contributed by atoms with Crippen LogP contribution in [-0.4, -0.2) is 48.0 Å². The molecule has 0 aromatic carbocycles. The molecule has 1 unspecified atom stereocenters. The molecule has 3 heterocycles. The van der Waals surface area contributed by atoms with Gasteiger partial charge in [-0.15, -0.1) is 11.3 Å². The number of thiazole rings is 1. The van der Waals surface area contributed by atoms with Crippen LogP contribution in [0.15, 0.2) is 5.38 Å². The van der Waals surface area contributed by atoms with E-state index in [-0.39, 0.29) is 11.8 Å². The Morgan fingerprint density at radius 3 is 2.90 bits per heavy atom. The zero-order valence-electron chi connectivity index (χ0n) is 12.6. The Morgan fingerprint density at radius 1 is 1.48 bits per heavy atom. The molecule has 0 spiro atoms. The van der Waals surface area contributed by atoms with Gasteiger partial charge in [-0.2, -0.15) is 0 Å². The van der Waals surface area contributed by atoms with E-state index < -0.39 is 0 Å². The maximum atomic E-state index is 12.3. The quantitative estimate of drug-likeness (QED) is 0.876. The van der Waals surface area contributed by atoms with Gasteiger partial charge in [0.25, 0.3) is 0 Å². The number of rotatable bonds is 4. The fraction of sp³-hybridized carbons (Fsp3) is 0.733. The van der Waals surface area contributed by atoms with E-state index in [0.29, 0.717) is 6.04 Å². The van der Waals surface area contributed by atoms with Crippen LogP contribution in [0.25, 0.3) is 0 Å². The average molecular weight is 308 g/mol. The molecule has 2 saturated heterocycles. The summed E-state index contributed by atoms with van der Waals surface area (Å²) in [5.74, 6) is 0.451. The van der Waals surface area contributed by atoms with Crippen molar-refractivity contribution in [1.82, 2.24) is 20.5 Å². The van der Waals surface area contributed by atoms with Crippen molar-refractivity contribution in [2.24, 2.45) is 5.92 Å². The highest BCUT2D eigenvalue weighted by Gasteiger charge is 2.27. The van der Waals surface area contributed by atoms with Gasteiger partial charge in [-0.3, -0.25) is 9.69 Å². The summed E-state index contributed by atoms with van der Waals surface area (Å²) in [6.07, 6.45) is 3.00. The number of hydrogen-bond donors (Lipinski definition) is 2. The molecule has 6 heteroatoms. The van der Waals surface area contributed by atoms with Crippen LogP contribution >= 0.6 is 11.3 Å². The van der Waals surface area contributed by atoms with Gasteiger partial charge in [0.2, 0.25) is 5.91 Å². The Hall–Kier alpha value is -0.980. The molecule has 116 valence electrons. The van der Waals surface area contributed by atoms with E-state index in [9.17, 15) is 4.79 Å². The molecular formula is C15H24N4OS. The van der Waals surface area contributed by atoms with E-state index in [2.05, 4.69) is 25.9 Å². The van der Waals surface area contributed by atoms with Crippen LogP contribution in [0.5, 0.6) is 0 Å². The first-order valence-corrected chi connectivity index (χ1v) is 8.73. The van der Waals surface area contributed by atoms with Crippen molar-refractivity contribution in [2.75, 3.05) is 26.2 Å². The van der Waals surface area contributed by atoms with Crippen LogP contribution in [-0.2, 0) is 11.3 Å². The van der Waals surface area contributed by atoms with E-state index in [4.69, 9.17) is 0 Å². The molecule has 21 heavy (non-hydrogen) atoms. The Labute approximate surface area is 130 Å². The van der Waals surface area contributed by atoms with Gasteiger partial charge >= 0.3 is 0 Å². The van der Waals surface area contributed by atoms with E-state index >= 15 is 0 Å². The first-order valence-electron chi connectivity index (χ1n) is 7.85. The molecule has 5 nitrogen and oxygen atoms in total. The van der Waals surface area contributed by atoms with Crippen molar-refractivity contribution in [3.05, 3.63) is 16.1 Å². The van der Waals surface area contributed by atoms with Crippen molar-refractivity contribution in [3.8, 4) is 0 Å². The lowest BCUT2D eigenvalue weighted by molar-refractivity contribution is -0.127. The molecule has 0 saturated carbocycles. The smallest absolute Gasteiger partial charge is 0.223 e. The lowest BCUT2D eigenvalue weighted by atomic mass is 9.95. The van der Waals surface area contributed by atoms with E-state index in [0.717, 1.165) is 62.7 Å². The van der Waals surface area contributed by atoms with Crippen molar-refractivity contribution < 1.29 is 4.79 Å². The number of carbonyl (C=O) groups excluding carboxylic acids is 1. The van der Waals surface area contributed by atoms with Gasteiger partial charge in [-0.1, -0.05) is 0 Å². The summed E-state index contributed by atoms with van der Waals surface area (Å²) in [5.41, 5.74) is 1.16. The van der Waals surface area contributed by atoms with E-state index in [1.54, 1.807) is 11.3 Å². The van der Waals surface area contributed by atoms with Crippen LogP contribution in [0, 0.1) is 12.8 Å². The molecule has 3 rings (SSSR count). The largest absolute Gasteiger partial charge is 0.352 e. The fourth-order valence-corrected chi connectivity index (χ4v) is 3.76. The standard InChI is InChI=1S/C15H24N4OS/c1-11-17-14(10-21-11)9-19-6-3-12(4-7-19)15(20)18-13-2-5-16-8-13/h10,12-13,16H,2-9H2,1H3,(H,18,20). The Bertz CT molecular complexity index is 476. The minimum Gasteiger partial charge on any atom is -0.352 e. The summed E-state index contributed by atoms with van der Waals surface area (Å²) in [7, 11) is 0. The number of amides is 1. The van der Waals surface area contributed by atoms with Gasteiger partial charge in [0.05, 0.1) is 10.7 Å². The molecule has 0 bridgehead atoms. The van der Waals surface area contributed by atoms with E-state index in [1.807, 2.05) is 6.92 Å². The third kappa shape index (κ3) is 4.02. The number of nitrogens with one attached hydrogen (secondary N) is 2. The average Bonchev–Trinajstić information content (AvgIpc) is 3.12. The van der Waals surface area contributed by atoms with Crippen LogP contribution in [0.3, 0.4) is 0 Å². The van der Waals surface area contributed by atoms with Gasteiger partial charge < -0.3 is 10.6 Å². The zero-order valence-corrected chi connectivity index (χ0v) is 13.4. The minimum atomic E-state index is 0.194. The van der Waals surface area contributed by atoms with E-state index in [1.165, 1.54) is 0 Å². The highest BCUT2D eigenvalue weighted by atomic mass is 32.1. The molecule has 0 radical (unpaired) electrons. The molecule has 0 aliphatic carbocycles. The molecule has 2 fully saturated rings. The number of nitrogens with zero attached hydrogens (tertiary/aromatic N) is 2. The summed E-state index contributed by atoms with van der Waals surface area (Å²) in [6.45, 7) is 6.91. The molecule has 1 aromatic heterocycles. The van der Waals surface area contributed by atoms with Gasteiger partial charge in [0, 0.05) is 30.4 Å². The summed E-state index contributed by atoms with van der Waals surface area (Å²) < 4.78 is 0. The second kappa shape index (κ2) is 6.85. The summed E-state index contributed by atoms with van der Waals surface area (Å²) in [4.78, 5) is 19.2. The second-order valence-corrected chi connectivity index (χ2v) is 7.17. The second-order valence-electron chi connectivity index (χ2n) is 6.11. The van der Waals surface area contributed by atoms with Crippen molar-refractivity contribution in [2.45, 2.75) is 38.8 Å². The molecular weight excluding hydrogens is 284 g/mol. The molecule has 2 aliphatic rings. The lowest BCUT2D eigenvalue weighted by Crippen LogP contribution is -2.44. The monoisotopic (exact) mass is 308 g/mol. The number of carbonyl (C=O) groups is 1. The number of piperidine rings is 1. The normalized spacial score (nSPS) is 24.3. The summed E-state index contributed by atoms with van der Waals surface area (Å²) in [5, 5.41) is 9.74. The number of hydrogen-bond acceptors (Lipinski definition) is 5. The highest BCUT2D eigenvalue weighted by molar-refractivity contribution is 7.09. The summed E-state index contributed by atoms with van der Waals surface area (Å²) in [6, 6.07) is 0.341. The zero-order chi connectivity index (χ0) is 14.7. The van der Waals surface area contributed by atoms with Crippen LogP contribution < -0.4 is 10.6 Å². The van der Waals surface area contributed by atoms with Gasteiger partial charge in [0.1, 0.15) is 0 Å². The van der Waals surface area contributed by atoms with Crippen LogP contribution in [0.2, 0.25) is 0 Å². The minimum absolute atomic E-state index is 0.194. The Morgan fingerprint density at radius 2 is 2.29 bits per heavy atom. The molecule has 2 N–H and O–H groups in total. The molecule has 1 atom stereocenters. The third-order valence-corrected chi connectivity index (χ3v) is 5.24. The molecule has 2 aliphatic heterocycles.